The summed E-state index contributed by atoms with van der Waals surface area (Å²) in [4.78, 5) is 26.4. The van der Waals surface area contributed by atoms with E-state index >= 15 is 0 Å². The first-order valence-electron chi connectivity index (χ1n) is 12.9. The van der Waals surface area contributed by atoms with Gasteiger partial charge in [0.15, 0.2) is 0 Å². The van der Waals surface area contributed by atoms with E-state index in [4.69, 9.17) is 11.6 Å². The van der Waals surface area contributed by atoms with Crippen molar-refractivity contribution in [2.75, 3.05) is 0 Å². The maximum atomic E-state index is 13.8. The van der Waals surface area contributed by atoms with Crippen LogP contribution >= 0.6 is 11.6 Å². The maximum Gasteiger partial charge on any atom is 0.322 e. The van der Waals surface area contributed by atoms with E-state index in [9.17, 15) is 23.5 Å². The molecule has 5 nitrogen and oxygen atoms in total. The Morgan fingerprint density at radius 3 is 2.42 bits per heavy atom. The molecule has 2 aliphatic carbocycles. The molecule has 4 rings (SSSR count). The number of urea groups is 1. The Morgan fingerprint density at radius 2 is 1.86 bits per heavy atom. The fourth-order valence-electron chi connectivity index (χ4n) is 5.66. The third-order valence-electron chi connectivity index (χ3n) is 8.23. The van der Waals surface area contributed by atoms with Gasteiger partial charge in [-0.3, -0.25) is 9.69 Å². The Labute approximate surface area is 217 Å². The molecule has 0 bridgehead atoms. The third-order valence-corrected chi connectivity index (χ3v) is 8.58. The highest BCUT2D eigenvalue weighted by Crippen LogP contribution is 2.48. The molecule has 0 spiro atoms. The van der Waals surface area contributed by atoms with Crippen LogP contribution in [0.3, 0.4) is 0 Å². The van der Waals surface area contributed by atoms with E-state index in [1.54, 1.807) is 4.90 Å². The molecule has 2 N–H and O–H groups in total. The molecule has 1 aromatic carbocycles. The lowest BCUT2D eigenvalue weighted by Crippen LogP contribution is -2.58. The number of hydrogen-bond donors (Lipinski definition) is 2. The number of carbonyl (C=O) groups excluding carboxylic acids is 1. The summed E-state index contributed by atoms with van der Waals surface area (Å²) in [7, 11) is 0. The number of alkyl halides is 2. The summed E-state index contributed by atoms with van der Waals surface area (Å²) >= 11 is 6.70. The van der Waals surface area contributed by atoms with E-state index in [0.29, 0.717) is 17.9 Å². The highest BCUT2D eigenvalue weighted by Gasteiger charge is 2.48. The van der Waals surface area contributed by atoms with Gasteiger partial charge in [0.1, 0.15) is 0 Å². The van der Waals surface area contributed by atoms with Gasteiger partial charge >= 0.3 is 12.0 Å². The number of carbonyl (C=O) groups is 2. The van der Waals surface area contributed by atoms with Gasteiger partial charge in [-0.2, -0.15) is 0 Å². The summed E-state index contributed by atoms with van der Waals surface area (Å²) in [5.41, 5.74) is 2.10. The molecular weight excluding hydrogens is 486 g/mol. The van der Waals surface area contributed by atoms with Crippen LogP contribution in [0.2, 0.25) is 5.02 Å². The number of rotatable bonds is 6. The number of nitrogens with zero attached hydrogens (tertiary/aromatic N) is 1. The van der Waals surface area contributed by atoms with Crippen molar-refractivity contribution < 1.29 is 23.5 Å². The molecule has 1 heterocycles. The van der Waals surface area contributed by atoms with Gasteiger partial charge in [0, 0.05) is 30.1 Å². The van der Waals surface area contributed by atoms with Gasteiger partial charge in [-0.05, 0) is 79.5 Å². The standard InChI is InChI=1S/C28H37ClF2N2O3/c1-26(2,3)10-7-17-5-6-20(15-23(17)29)27(4)22(18-13-19(14-18)24(34)35)16-33(25(36)32-27)21-8-11-28(30,31)12-9-21/h5-6,15-16,18-19,21H,7-14H2,1-4H3,(H,32,36)(H,34,35)/t18-,19+,27-/m0/s1. The van der Waals surface area contributed by atoms with E-state index < -0.39 is 23.3 Å². The number of halogens is 3. The Hall–Kier alpha value is -2.15. The topological polar surface area (TPSA) is 69.6 Å². The summed E-state index contributed by atoms with van der Waals surface area (Å²) in [6.07, 6.45) is 4.61. The number of amides is 2. The van der Waals surface area contributed by atoms with Crippen molar-refractivity contribution in [2.24, 2.45) is 17.3 Å². The fraction of sp³-hybridized carbons (Fsp3) is 0.643. The summed E-state index contributed by atoms with van der Waals surface area (Å²) in [5.74, 6) is -3.93. The van der Waals surface area contributed by atoms with Gasteiger partial charge in [0.25, 0.3) is 0 Å². The molecule has 1 atom stereocenters. The Morgan fingerprint density at radius 1 is 1.22 bits per heavy atom. The number of nitrogens with one attached hydrogen (secondary N) is 1. The van der Waals surface area contributed by atoms with Crippen LogP contribution in [0.15, 0.2) is 30.0 Å². The third kappa shape index (κ3) is 5.56. The van der Waals surface area contributed by atoms with Gasteiger partial charge in [-0.25, -0.2) is 13.6 Å². The van der Waals surface area contributed by atoms with E-state index in [1.807, 2.05) is 31.3 Å². The van der Waals surface area contributed by atoms with Crippen LogP contribution in [0.5, 0.6) is 0 Å². The van der Waals surface area contributed by atoms with Gasteiger partial charge in [0.2, 0.25) is 5.92 Å². The summed E-state index contributed by atoms with van der Waals surface area (Å²) in [6, 6.07) is 5.27. The molecule has 198 valence electrons. The second kappa shape index (κ2) is 9.62. The van der Waals surface area contributed by atoms with Crippen LogP contribution in [0.4, 0.5) is 13.6 Å². The summed E-state index contributed by atoms with van der Waals surface area (Å²) in [5, 5.41) is 13.2. The van der Waals surface area contributed by atoms with Crippen molar-refractivity contribution in [1.29, 1.82) is 0 Å². The van der Waals surface area contributed by atoms with E-state index in [2.05, 4.69) is 26.1 Å². The molecule has 0 saturated heterocycles. The summed E-state index contributed by atoms with van der Waals surface area (Å²) < 4.78 is 27.5. The number of benzene rings is 1. The molecule has 1 aromatic rings. The first-order valence-corrected chi connectivity index (χ1v) is 13.3. The minimum atomic E-state index is -2.68. The lowest BCUT2D eigenvalue weighted by Gasteiger charge is -2.49. The fourth-order valence-corrected chi connectivity index (χ4v) is 5.93. The van der Waals surface area contributed by atoms with Crippen LogP contribution in [0.1, 0.15) is 83.8 Å². The molecule has 0 unspecified atom stereocenters. The zero-order valence-corrected chi connectivity index (χ0v) is 22.3. The summed E-state index contributed by atoms with van der Waals surface area (Å²) in [6.45, 7) is 8.49. The lowest BCUT2D eigenvalue weighted by molar-refractivity contribution is -0.145. The van der Waals surface area contributed by atoms with Crippen molar-refractivity contribution in [3.63, 3.8) is 0 Å². The SMILES string of the molecule is CC(C)(C)CCc1ccc([C@]2(C)NC(=O)N(C3CCC(F)(F)CC3)C=C2[C@H]2C[C@@H](C(=O)O)C2)cc1Cl. The van der Waals surface area contributed by atoms with Crippen molar-refractivity contribution in [3.05, 3.63) is 46.1 Å². The van der Waals surface area contributed by atoms with E-state index in [-0.39, 0.29) is 49.1 Å². The van der Waals surface area contributed by atoms with Crippen molar-refractivity contribution in [3.8, 4) is 0 Å². The second-order valence-corrected chi connectivity index (χ2v) is 12.6. The smallest absolute Gasteiger partial charge is 0.322 e. The largest absolute Gasteiger partial charge is 0.481 e. The Balaban J connectivity index is 1.65. The molecule has 2 fully saturated rings. The van der Waals surface area contributed by atoms with Crippen LogP contribution < -0.4 is 5.32 Å². The molecule has 1 aliphatic heterocycles. The zero-order chi connectivity index (χ0) is 26.5. The normalized spacial score (nSPS) is 28.8. The van der Waals surface area contributed by atoms with Crippen LogP contribution in [-0.2, 0) is 16.8 Å². The minimum Gasteiger partial charge on any atom is -0.481 e. The molecule has 3 aliphatic rings. The average Bonchev–Trinajstić information content (AvgIpc) is 2.73. The molecule has 8 heteroatoms. The highest BCUT2D eigenvalue weighted by atomic mass is 35.5. The van der Waals surface area contributed by atoms with Gasteiger partial charge in [0.05, 0.1) is 11.5 Å². The van der Waals surface area contributed by atoms with Gasteiger partial charge in [-0.15, -0.1) is 0 Å². The van der Waals surface area contributed by atoms with E-state index in [0.717, 1.165) is 29.5 Å². The zero-order valence-electron chi connectivity index (χ0n) is 21.5. The average molecular weight is 523 g/mol. The van der Waals surface area contributed by atoms with Crippen LogP contribution in [0, 0.1) is 17.3 Å². The van der Waals surface area contributed by atoms with E-state index in [1.165, 1.54) is 0 Å². The maximum absolute atomic E-state index is 13.8. The Kier molecular flexibility index (Phi) is 7.19. The molecule has 2 amide bonds. The lowest BCUT2D eigenvalue weighted by atomic mass is 9.64. The number of hydrogen-bond acceptors (Lipinski definition) is 2. The molecule has 0 radical (unpaired) electrons. The molecule has 2 saturated carbocycles. The first kappa shape index (κ1) is 26.9. The van der Waals surface area contributed by atoms with Crippen LogP contribution in [0.25, 0.3) is 0 Å². The van der Waals surface area contributed by atoms with Crippen molar-refractivity contribution >= 4 is 23.6 Å². The highest BCUT2D eigenvalue weighted by molar-refractivity contribution is 6.31. The van der Waals surface area contributed by atoms with Crippen molar-refractivity contribution in [1.82, 2.24) is 10.2 Å². The molecular formula is C28H37ClF2N2O3. The first-order chi connectivity index (χ1) is 16.7. The molecule has 0 aromatic heterocycles. The minimum absolute atomic E-state index is 0.0245. The quantitative estimate of drug-likeness (QED) is 0.417. The second-order valence-electron chi connectivity index (χ2n) is 12.2. The van der Waals surface area contributed by atoms with Crippen molar-refractivity contribution in [2.45, 2.75) is 96.6 Å². The Bertz CT molecular complexity index is 1050. The predicted octanol–water partition coefficient (Wildman–Crippen LogP) is 7.13. The number of aliphatic carboxylic acids is 1. The number of aryl methyl sites for hydroxylation is 1. The number of carboxylic acids is 1. The number of carboxylic acid groups (broad SMARTS) is 1. The van der Waals surface area contributed by atoms with Gasteiger partial charge in [-0.1, -0.05) is 44.5 Å². The van der Waals surface area contributed by atoms with Crippen LogP contribution in [-0.4, -0.2) is 34.0 Å². The predicted molar refractivity (Wildman–Crippen MR) is 136 cm³/mol. The van der Waals surface area contributed by atoms with Gasteiger partial charge < -0.3 is 10.4 Å². The molecule has 36 heavy (non-hydrogen) atoms. The monoisotopic (exact) mass is 522 g/mol.